The summed E-state index contributed by atoms with van der Waals surface area (Å²) in [6, 6.07) is 0. The van der Waals surface area contributed by atoms with Gasteiger partial charge in [-0.2, -0.15) is 4.57 Å². The minimum Gasteiger partial charge on any atom is -0.350 e. The number of ether oxygens (including phenoxy) is 2. The van der Waals surface area contributed by atoms with Gasteiger partial charge in [0.1, 0.15) is 12.7 Å². The number of unbranched alkanes of at least 4 members (excludes halogenated alkanes) is 14. The Labute approximate surface area is 217 Å². The van der Waals surface area contributed by atoms with Gasteiger partial charge in [-0.15, -0.1) is 0 Å². The molecule has 0 saturated carbocycles. The second-order valence-electron chi connectivity index (χ2n) is 9.62. The van der Waals surface area contributed by atoms with Gasteiger partial charge in [0.15, 0.2) is 19.0 Å². The molecule has 204 valence electrons. The molecule has 0 bridgehead atoms. The molecule has 3 atom stereocenters. The average Bonchev–Trinajstić information content (AvgIpc) is 3.52. The maximum absolute atomic E-state index is 12.0. The summed E-state index contributed by atoms with van der Waals surface area (Å²) in [5, 5.41) is 1.93. The Hall–Kier alpha value is -0.340. The van der Waals surface area contributed by atoms with Gasteiger partial charge in [-0.05, 0) is 12.8 Å². The van der Waals surface area contributed by atoms with Crippen LogP contribution < -0.4 is 4.57 Å². The lowest BCUT2D eigenvalue weighted by atomic mass is 10.0. The van der Waals surface area contributed by atoms with Crippen LogP contribution in [0.25, 0.3) is 0 Å². The number of aromatic nitrogens is 1. The van der Waals surface area contributed by atoms with E-state index in [-0.39, 0.29) is 25.6 Å². The van der Waals surface area contributed by atoms with Gasteiger partial charge >= 0.3 is 7.82 Å². The summed E-state index contributed by atoms with van der Waals surface area (Å²) in [7, 11) is -4.08. The van der Waals surface area contributed by atoms with Crippen LogP contribution in [0.4, 0.5) is 0 Å². The topological polar surface area (TPSA) is 78.1 Å². The monoisotopic (exact) mass is 534 g/mol. The standard InChI is InChI=1S/C26H48NO6PS/c1-2-3-4-5-6-7-8-9-10-11-12-13-14-15-16-17-26-30-22-25(33-26)23-32-34(28,29)31-20-18-27-19-21-35-24-27/h19,21,24-26H,2-18,20,22-23H2,1H3/p+1/t25-,26+/m0/s1. The zero-order chi connectivity index (χ0) is 25.0. The highest BCUT2D eigenvalue weighted by Gasteiger charge is 2.30. The summed E-state index contributed by atoms with van der Waals surface area (Å²) in [6.07, 6.45) is 22.4. The molecule has 0 spiro atoms. The highest BCUT2D eigenvalue weighted by Crippen LogP contribution is 2.43. The summed E-state index contributed by atoms with van der Waals surface area (Å²) in [4.78, 5) is 9.83. The summed E-state index contributed by atoms with van der Waals surface area (Å²) in [6.45, 7) is 3.26. The number of hydrogen-bond donors (Lipinski definition) is 1. The van der Waals surface area contributed by atoms with E-state index in [0.717, 1.165) is 12.8 Å². The molecule has 1 aromatic rings. The highest BCUT2D eigenvalue weighted by molar-refractivity contribution is 7.47. The van der Waals surface area contributed by atoms with Crippen LogP contribution in [0, 0.1) is 0 Å². The van der Waals surface area contributed by atoms with Gasteiger partial charge in [-0.1, -0.05) is 108 Å². The Bertz CT molecular complexity index is 662. The van der Waals surface area contributed by atoms with Gasteiger partial charge in [-0.25, -0.2) is 4.57 Å². The first-order chi connectivity index (χ1) is 17.1. The molecule has 1 unspecified atom stereocenters. The van der Waals surface area contributed by atoms with Crippen LogP contribution in [-0.4, -0.2) is 37.1 Å². The highest BCUT2D eigenvalue weighted by atomic mass is 32.1. The molecule has 35 heavy (non-hydrogen) atoms. The first-order valence-corrected chi connectivity index (χ1v) is 16.3. The third-order valence-corrected chi connectivity index (χ3v) is 8.07. The van der Waals surface area contributed by atoms with Gasteiger partial charge in [0.2, 0.25) is 5.51 Å². The van der Waals surface area contributed by atoms with E-state index in [0.29, 0.717) is 13.2 Å². The summed E-state index contributed by atoms with van der Waals surface area (Å²) in [5.41, 5.74) is 1.91. The number of thiazole rings is 1. The number of hydrogen-bond acceptors (Lipinski definition) is 6. The first kappa shape index (κ1) is 30.9. The normalized spacial score (nSPS) is 19.8. The van der Waals surface area contributed by atoms with E-state index in [2.05, 4.69) is 6.92 Å². The van der Waals surface area contributed by atoms with E-state index in [9.17, 15) is 9.46 Å². The fourth-order valence-corrected chi connectivity index (χ4v) is 5.66. The number of phosphoric ester groups is 1. The molecule has 0 aliphatic carbocycles. The molecule has 1 aromatic heterocycles. The zero-order valence-electron chi connectivity index (χ0n) is 21.8. The predicted octanol–water partition coefficient (Wildman–Crippen LogP) is 7.17. The van der Waals surface area contributed by atoms with E-state index >= 15 is 0 Å². The van der Waals surface area contributed by atoms with Crippen molar-refractivity contribution < 1.29 is 32.5 Å². The molecule has 9 heteroatoms. The van der Waals surface area contributed by atoms with Crippen LogP contribution in [-0.2, 0) is 29.6 Å². The molecule has 2 heterocycles. The molecule has 1 N–H and O–H groups in total. The van der Waals surface area contributed by atoms with Crippen LogP contribution in [0.3, 0.4) is 0 Å². The van der Waals surface area contributed by atoms with E-state index in [1.165, 1.54) is 89.9 Å². The molecular weight excluding hydrogens is 485 g/mol. The molecule has 1 fully saturated rings. The van der Waals surface area contributed by atoms with Crippen molar-refractivity contribution in [3.8, 4) is 0 Å². The van der Waals surface area contributed by atoms with Gasteiger partial charge in [0.05, 0.1) is 18.6 Å². The largest absolute Gasteiger partial charge is 0.472 e. The molecule has 0 aromatic carbocycles. The van der Waals surface area contributed by atoms with E-state index in [1.807, 2.05) is 21.7 Å². The van der Waals surface area contributed by atoms with Crippen LogP contribution in [0.5, 0.6) is 0 Å². The van der Waals surface area contributed by atoms with Gasteiger partial charge < -0.3 is 14.4 Å². The van der Waals surface area contributed by atoms with E-state index < -0.39 is 7.82 Å². The summed E-state index contributed by atoms with van der Waals surface area (Å²) >= 11 is 1.55. The van der Waals surface area contributed by atoms with Gasteiger partial charge in [0.25, 0.3) is 0 Å². The maximum atomic E-state index is 12.0. The smallest absolute Gasteiger partial charge is 0.350 e. The molecule has 1 saturated heterocycles. The number of phosphoric acid groups is 1. The lowest BCUT2D eigenvalue weighted by Gasteiger charge is -2.14. The average molecular weight is 535 g/mol. The lowest BCUT2D eigenvalue weighted by Crippen LogP contribution is -2.32. The van der Waals surface area contributed by atoms with Crippen molar-refractivity contribution in [2.75, 3.05) is 19.8 Å². The molecule has 0 radical (unpaired) electrons. The van der Waals surface area contributed by atoms with E-state index in [1.54, 1.807) is 11.3 Å². The van der Waals surface area contributed by atoms with Crippen LogP contribution in [0.2, 0.25) is 0 Å². The van der Waals surface area contributed by atoms with Crippen molar-refractivity contribution >= 4 is 19.2 Å². The quantitative estimate of drug-likeness (QED) is 0.0911. The van der Waals surface area contributed by atoms with Crippen LogP contribution in [0.1, 0.15) is 110 Å². The summed E-state index contributed by atoms with van der Waals surface area (Å²) < 4.78 is 35.5. The third-order valence-electron chi connectivity index (χ3n) is 6.41. The molecular formula is C26H49NO6PS+. The second kappa shape index (κ2) is 19.7. The maximum Gasteiger partial charge on any atom is 0.472 e. The first-order valence-electron chi connectivity index (χ1n) is 13.9. The molecule has 2 rings (SSSR count). The van der Waals surface area contributed by atoms with Crippen molar-refractivity contribution in [2.45, 2.75) is 129 Å². The van der Waals surface area contributed by atoms with Crippen molar-refractivity contribution in [1.29, 1.82) is 0 Å². The Morgan fingerprint density at radius 1 is 0.943 bits per heavy atom. The zero-order valence-corrected chi connectivity index (χ0v) is 23.5. The Kier molecular flexibility index (Phi) is 17.4. The summed E-state index contributed by atoms with van der Waals surface area (Å²) in [5.74, 6) is 0. The minimum atomic E-state index is -4.08. The van der Waals surface area contributed by atoms with Crippen molar-refractivity contribution in [3.05, 3.63) is 17.1 Å². The van der Waals surface area contributed by atoms with Crippen molar-refractivity contribution in [3.63, 3.8) is 0 Å². The van der Waals surface area contributed by atoms with Crippen molar-refractivity contribution in [2.24, 2.45) is 0 Å². The number of nitrogens with zero attached hydrogens (tertiary/aromatic N) is 1. The Morgan fingerprint density at radius 3 is 2.11 bits per heavy atom. The lowest BCUT2D eigenvalue weighted by molar-refractivity contribution is -0.693. The van der Waals surface area contributed by atoms with Crippen LogP contribution in [0.15, 0.2) is 17.1 Å². The fourth-order valence-electron chi connectivity index (χ4n) is 4.29. The third kappa shape index (κ3) is 16.2. The molecule has 1 aliphatic rings. The van der Waals surface area contributed by atoms with Crippen LogP contribution >= 0.6 is 19.2 Å². The second-order valence-corrected chi connectivity index (χ2v) is 11.8. The SMILES string of the molecule is CCCCCCCCCCCCCCCCC[C@@H]1OC[C@@H](COP(=O)(O)OCC[n+]2ccsc2)O1. The number of rotatable bonds is 23. The van der Waals surface area contributed by atoms with Gasteiger partial charge in [0, 0.05) is 0 Å². The molecule has 1 aliphatic heterocycles. The molecule has 0 amide bonds. The molecule has 7 nitrogen and oxygen atoms in total. The Balaban J connectivity index is 1.35. The van der Waals surface area contributed by atoms with Crippen molar-refractivity contribution in [1.82, 2.24) is 0 Å². The predicted molar refractivity (Wildman–Crippen MR) is 140 cm³/mol. The minimum absolute atomic E-state index is 0.00523. The fraction of sp³-hybridized carbons (Fsp3) is 0.885. The Morgan fingerprint density at radius 2 is 1.54 bits per heavy atom. The van der Waals surface area contributed by atoms with Gasteiger partial charge in [-0.3, -0.25) is 9.05 Å². The van der Waals surface area contributed by atoms with E-state index in [4.69, 9.17) is 18.5 Å².